The smallest absolute Gasteiger partial charge is 0.0685 e. The number of fused-ring (bicyclic) bond motifs is 1. The van der Waals surface area contributed by atoms with E-state index in [9.17, 15) is 0 Å². The molecule has 1 spiro atoms. The Kier molecular flexibility index (Phi) is 3.12. The second-order valence-electron chi connectivity index (χ2n) is 7.06. The third-order valence-electron chi connectivity index (χ3n) is 5.98. The van der Waals surface area contributed by atoms with Crippen LogP contribution in [0.1, 0.15) is 55.6 Å². The van der Waals surface area contributed by atoms with Gasteiger partial charge in [0.25, 0.3) is 0 Å². The Balaban J connectivity index is 1.51. The molecule has 1 aromatic rings. The number of benzene rings is 1. The topological polar surface area (TPSA) is 35.2 Å². The fraction of sp³-hybridized carbons (Fsp3) is 0.667. The van der Waals surface area contributed by atoms with Gasteiger partial charge in [-0.1, -0.05) is 24.3 Å². The van der Waals surface area contributed by atoms with Crippen LogP contribution >= 0.6 is 0 Å². The van der Waals surface area contributed by atoms with Crippen molar-refractivity contribution in [1.29, 1.82) is 0 Å². The van der Waals surface area contributed by atoms with E-state index < -0.39 is 0 Å². The summed E-state index contributed by atoms with van der Waals surface area (Å²) in [6.45, 7) is 0.923. The standard InChI is InChI=1S/C18H25NO/c19-17(14-8-11-20-18(12-14)9-3-10-18)16-7-6-13-4-1-2-5-15(13)16/h1-2,4-5,14,16-17H,3,6-12,19H2. The van der Waals surface area contributed by atoms with Crippen LogP contribution in [-0.4, -0.2) is 18.2 Å². The van der Waals surface area contributed by atoms with E-state index in [1.165, 1.54) is 49.7 Å². The summed E-state index contributed by atoms with van der Waals surface area (Å²) in [5.41, 5.74) is 9.98. The zero-order valence-corrected chi connectivity index (χ0v) is 12.2. The van der Waals surface area contributed by atoms with Gasteiger partial charge in [0.2, 0.25) is 0 Å². The molecule has 0 amide bonds. The van der Waals surface area contributed by atoms with Gasteiger partial charge in [-0.15, -0.1) is 0 Å². The average molecular weight is 271 g/mol. The first-order valence-electron chi connectivity index (χ1n) is 8.25. The Hall–Kier alpha value is -0.860. The predicted octanol–water partition coefficient (Wildman–Crippen LogP) is 3.39. The number of nitrogens with two attached hydrogens (primary N) is 1. The number of ether oxygens (including phenoxy) is 1. The van der Waals surface area contributed by atoms with Crippen molar-refractivity contribution < 1.29 is 4.74 Å². The minimum Gasteiger partial charge on any atom is -0.375 e. The maximum atomic E-state index is 6.71. The second-order valence-corrected chi connectivity index (χ2v) is 7.06. The molecule has 2 aliphatic carbocycles. The van der Waals surface area contributed by atoms with Gasteiger partial charge in [-0.25, -0.2) is 0 Å². The molecule has 3 atom stereocenters. The Labute approximate surface area is 121 Å². The van der Waals surface area contributed by atoms with Crippen LogP contribution in [-0.2, 0) is 11.2 Å². The normalized spacial score (nSPS) is 32.6. The summed E-state index contributed by atoms with van der Waals surface area (Å²) in [5.74, 6) is 1.23. The summed E-state index contributed by atoms with van der Waals surface area (Å²) in [7, 11) is 0. The summed E-state index contributed by atoms with van der Waals surface area (Å²) in [6, 6.07) is 9.22. The van der Waals surface area contributed by atoms with Crippen LogP contribution in [0.2, 0.25) is 0 Å². The number of aryl methyl sites for hydroxylation is 1. The van der Waals surface area contributed by atoms with Crippen molar-refractivity contribution in [2.45, 2.75) is 62.5 Å². The molecule has 20 heavy (non-hydrogen) atoms. The molecule has 0 radical (unpaired) electrons. The summed E-state index contributed by atoms with van der Waals surface area (Å²) >= 11 is 0. The lowest BCUT2D eigenvalue weighted by atomic mass is 9.68. The Bertz CT molecular complexity index is 494. The van der Waals surface area contributed by atoms with Crippen molar-refractivity contribution in [2.24, 2.45) is 11.7 Å². The number of rotatable bonds is 2. The van der Waals surface area contributed by atoms with Gasteiger partial charge >= 0.3 is 0 Å². The van der Waals surface area contributed by atoms with Gasteiger partial charge < -0.3 is 10.5 Å². The molecule has 4 rings (SSSR count). The van der Waals surface area contributed by atoms with E-state index in [1.54, 1.807) is 0 Å². The van der Waals surface area contributed by atoms with Gasteiger partial charge in [0.15, 0.2) is 0 Å². The van der Waals surface area contributed by atoms with E-state index in [0.717, 1.165) is 13.0 Å². The average Bonchev–Trinajstić information content (AvgIpc) is 2.89. The molecule has 1 saturated heterocycles. The van der Waals surface area contributed by atoms with Crippen LogP contribution in [0.25, 0.3) is 0 Å². The molecular formula is C18H25NO. The lowest BCUT2D eigenvalue weighted by molar-refractivity contribution is -0.146. The Morgan fingerprint density at radius 2 is 2.05 bits per heavy atom. The summed E-state index contributed by atoms with van der Waals surface area (Å²) < 4.78 is 6.06. The van der Waals surface area contributed by atoms with Crippen LogP contribution in [0.5, 0.6) is 0 Å². The first kappa shape index (κ1) is 12.8. The SMILES string of the molecule is NC(C1CCOC2(CCC2)C1)C1CCc2ccccc21. The highest BCUT2D eigenvalue weighted by atomic mass is 16.5. The molecule has 2 nitrogen and oxygen atoms in total. The van der Waals surface area contributed by atoms with Crippen molar-refractivity contribution >= 4 is 0 Å². The fourth-order valence-corrected chi connectivity index (χ4v) is 4.63. The molecule has 0 bridgehead atoms. The fourth-order valence-electron chi connectivity index (χ4n) is 4.63. The van der Waals surface area contributed by atoms with E-state index >= 15 is 0 Å². The van der Waals surface area contributed by atoms with Gasteiger partial charge in [0, 0.05) is 12.6 Å². The highest BCUT2D eigenvalue weighted by molar-refractivity contribution is 5.36. The first-order chi connectivity index (χ1) is 9.77. The summed E-state index contributed by atoms with van der Waals surface area (Å²) in [4.78, 5) is 0. The van der Waals surface area contributed by atoms with Crippen molar-refractivity contribution in [2.75, 3.05) is 6.61 Å². The summed E-state index contributed by atoms with van der Waals surface area (Å²) in [6.07, 6.45) is 8.67. The second kappa shape index (κ2) is 4.85. The summed E-state index contributed by atoms with van der Waals surface area (Å²) in [5, 5.41) is 0. The van der Waals surface area contributed by atoms with Gasteiger partial charge in [-0.3, -0.25) is 0 Å². The molecule has 1 aliphatic heterocycles. The zero-order chi connectivity index (χ0) is 13.6. The zero-order valence-electron chi connectivity index (χ0n) is 12.2. The van der Waals surface area contributed by atoms with Crippen molar-refractivity contribution in [3.63, 3.8) is 0 Å². The van der Waals surface area contributed by atoms with Gasteiger partial charge in [0.05, 0.1) is 5.60 Å². The maximum Gasteiger partial charge on any atom is 0.0685 e. The molecule has 2 heteroatoms. The Morgan fingerprint density at radius 1 is 1.20 bits per heavy atom. The maximum absolute atomic E-state index is 6.71. The van der Waals surface area contributed by atoms with Crippen LogP contribution in [0.3, 0.4) is 0 Å². The molecular weight excluding hydrogens is 246 g/mol. The lowest BCUT2D eigenvalue weighted by Gasteiger charge is -2.49. The van der Waals surface area contributed by atoms with E-state index in [-0.39, 0.29) is 5.60 Å². The van der Waals surface area contributed by atoms with E-state index in [0.29, 0.717) is 17.9 Å². The molecule has 1 heterocycles. The largest absolute Gasteiger partial charge is 0.375 e. The van der Waals surface area contributed by atoms with Crippen molar-refractivity contribution in [3.8, 4) is 0 Å². The minimum absolute atomic E-state index is 0.221. The molecule has 0 aromatic heterocycles. The third kappa shape index (κ3) is 2.01. The molecule has 2 N–H and O–H groups in total. The van der Waals surface area contributed by atoms with Crippen molar-refractivity contribution in [1.82, 2.24) is 0 Å². The van der Waals surface area contributed by atoms with E-state index in [1.807, 2.05) is 0 Å². The number of hydrogen-bond acceptors (Lipinski definition) is 2. The van der Waals surface area contributed by atoms with Gasteiger partial charge in [0.1, 0.15) is 0 Å². The van der Waals surface area contributed by atoms with E-state index in [4.69, 9.17) is 10.5 Å². The van der Waals surface area contributed by atoms with Crippen LogP contribution in [0, 0.1) is 5.92 Å². The van der Waals surface area contributed by atoms with Crippen molar-refractivity contribution in [3.05, 3.63) is 35.4 Å². The van der Waals surface area contributed by atoms with Crippen LogP contribution in [0.4, 0.5) is 0 Å². The molecule has 3 aliphatic rings. The van der Waals surface area contributed by atoms with Crippen LogP contribution in [0.15, 0.2) is 24.3 Å². The van der Waals surface area contributed by atoms with Crippen LogP contribution < -0.4 is 5.73 Å². The predicted molar refractivity (Wildman–Crippen MR) is 80.7 cm³/mol. The van der Waals surface area contributed by atoms with Gasteiger partial charge in [-0.2, -0.15) is 0 Å². The van der Waals surface area contributed by atoms with E-state index in [2.05, 4.69) is 24.3 Å². The lowest BCUT2D eigenvalue weighted by Crippen LogP contribution is -2.50. The Morgan fingerprint density at radius 3 is 2.85 bits per heavy atom. The first-order valence-corrected chi connectivity index (χ1v) is 8.25. The molecule has 1 saturated carbocycles. The molecule has 3 unspecified atom stereocenters. The molecule has 2 fully saturated rings. The highest BCUT2D eigenvalue weighted by Gasteiger charge is 2.45. The molecule has 108 valence electrons. The monoisotopic (exact) mass is 271 g/mol. The highest BCUT2D eigenvalue weighted by Crippen LogP contribution is 2.47. The molecule has 1 aromatic carbocycles. The quantitative estimate of drug-likeness (QED) is 0.895. The minimum atomic E-state index is 0.221. The number of hydrogen-bond donors (Lipinski definition) is 1. The van der Waals surface area contributed by atoms with Gasteiger partial charge in [-0.05, 0) is 67.9 Å². The third-order valence-corrected chi connectivity index (χ3v) is 5.98.